The summed E-state index contributed by atoms with van der Waals surface area (Å²) in [7, 11) is -3.87. The Bertz CT molecular complexity index is 590. The molecular formula is C13H16ClN2O5P. The van der Waals surface area contributed by atoms with Crippen molar-refractivity contribution in [3.8, 4) is 6.07 Å². The van der Waals surface area contributed by atoms with Gasteiger partial charge in [-0.15, -0.1) is 12.4 Å². The van der Waals surface area contributed by atoms with Crippen molar-refractivity contribution in [3.63, 3.8) is 0 Å². The standard InChI is InChI=1S/C13H15N2O5P.ClH/c1-3-18-21(17,19-4-2)12(10-14)15-20-13(16)11-8-6-5-7-9-11;/h5-9H,3-4H2,1-2H3;1H/b15-12+;. The molecule has 0 saturated carbocycles. The SMILES string of the molecule is CCOP(=O)(OCC)/C(C#N)=N/OC(=O)c1ccccc1.Cl. The van der Waals surface area contributed by atoms with Crippen LogP contribution < -0.4 is 0 Å². The van der Waals surface area contributed by atoms with E-state index in [-0.39, 0.29) is 31.2 Å². The molecule has 0 aliphatic carbocycles. The van der Waals surface area contributed by atoms with Crippen LogP contribution in [-0.4, -0.2) is 24.6 Å². The van der Waals surface area contributed by atoms with Gasteiger partial charge in [-0.2, -0.15) is 5.26 Å². The second kappa shape index (κ2) is 10.1. The summed E-state index contributed by atoms with van der Waals surface area (Å²) in [5.74, 6) is -0.775. The molecule has 7 nitrogen and oxygen atoms in total. The van der Waals surface area contributed by atoms with Gasteiger partial charge in [0.05, 0.1) is 18.8 Å². The number of carbonyl (C=O) groups excluding carboxylic acids is 1. The maximum absolute atomic E-state index is 12.3. The van der Waals surface area contributed by atoms with E-state index in [9.17, 15) is 9.36 Å². The summed E-state index contributed by atoms with van der Waals surface area (Å²) in [6, 6.07) is 9.66. The molecule has 1 rings (SSSR count). The molecule has 22 heavy (non-hydrogen) atoms. The van der Waals surface area contributed by atoms with E-state index in [0.717, 1.165) is 0 Å². The van der Waals surface area contributed by atoms with E-state index in [1.54, 1.807) is 38.1 Å². The summed E-state index contributed by atoms with van der Waals surface area (Å²) in [5, 5.41) is 12.3. The van der Waals surface area contributed by atoms with Crippen molar-refractivity contribution in [3.05, 3.63) is 35.9 Å². The van der Waals surface area contributed by atoms with E-state index < -0.39 is 19.0 Å². The van der Waals surface area contributed by atoms with E-state index >= 15 is 0 Å². The van der Waals surface area contributed by atoms with Gasteiger partial charge in [0.15, 0.2) is 0 Å². The van der Waals surface area contributed by atoms with Crippen molar-refractivity contribution < 1.29 is 23.2 Å². The quantitative estimate of drug-likeness (QED) is 0.325. The van der Waals surface area contributed by atoms with Crippen molar-refractivity contribution >= 4 is 31.4 Å². The molecule has 0 saturated heterocycles. The Morgan fingerprint density at radius 1 is 1.23 bits per heavy atom. The molecule has 1 aromatic rings. The fourth-order valence-corrected chi connectivity index (χ4v) is 2.60. The lowest BCUT2D eigenvalue weighted by Crippen LogP contribution is -2.08. The van der Waals surface area contributed by atoms with Gasteiger partial charge in [-0.3, -0.25) is 4.57 Å². The highest BCUT2D eigenvalue weighted by Gasteiger charge is 2.33. The van der Waals surface area contributed by atoms with Gasteiger partial charge >= 0.3 is 13.6 Å². The fraction of sp³-hybridized carbons (Fsp3) is 0.308. The predicted octanol–water partition coefficient (Wildman–Crippen LogP) is 3.37. The third-order valence-corrected chi connectivity index (χ3v) is 4.08. The second-order valence-electron chi connectivity index (χ2n) is 3.60. The third-order valence-electron chi connectivity index (χ3n) is 2.18. The maximum Gasteiger partial charge on any atom is 0.393 e. The highest BCUT2D eigenvalue weighted by Crippen LogP contribution is 2.49. The summed E-state index contributed by atoms with van der Waals surface area (Å²) in [6.45, 7) is 3.31. The predicted molar refractivity (Wildman–Crippen MR) is 83.0 cm³/mol. The first-order valence-corrected chi connectivity index (χ1v) is 7.75. The molecule has 0 atom stereocenters. The molecule has 0 amide bonds. The van der Waals surface area contributed by atoms with Gasteiger partial charge < -0.3 is 13.9 Å². The molecule has 0 heterocycles. The number of nitriles is 1. The number of nitrogens with zero attached hydrogens (tertiary/aromatic N) is 2. The van der Waals surface area contributed by atoms with E-state index in [0.29, 0.717) is 0 Å². The number of rotatable bonds is 7. The van der Waals surface area contributed by atoms with Gasteiger partial charge in [-0.1, -0.05) is 23.4 Å². The van der Waals surface area contributed by atoms with Crippen molar-refractivity contribution in [2.45, 2.75) is 13.8 Å². The van der Waals surface area contributed by atoms with Crippen LogP contribution in [0.4, 0.5) is 0 Å². The van der Waals surface area contributed by atoms with Crippen LogP contribution in [0, 0.1) is 11.3 Å². The lowest BCUT2D eigenvalue weighted by molar-refractivity contribution is 0.0517. The van der Waals surface area contributed by atoms with Crippen LogP contribution >= 0.6 is 20.0 Å². The van der Waals surface area contributed by atoms with Crippen LogP contribution in [0.3, 0.4) is 0 Å². The van der Waals surface area contributed by atoms with Gasteiger partial charge in [-0.25, -0.2) is 4.79 Å². The van der Waals surface area contributed by atoms with Gasteiger partial charge in [0.25, 0.3) is 5.45 Å². The number of oxime groups is 1. The monoisotopic (exact) mass is 346 g/mol. The number of hydrogen-bond donors (Lipinski definition) is 0. The fourth-order valence-electron chi connectivity index (χ4n) is 1.34. The first kappa shape index (κ1) is 20.3. The van der Waals surface area contributed by atoms with Crippen molar-refractivity contribution in [2.24, 2.45) is 5.16 Å². The Morgan fingerprint density at radius 3 is 2.23 bits per heavy atom. The Balaban J connectivity index is 0.00000441. The van der Waals surface area contributed by atoms with Crippen LogP contribution in [0.2, 0.25) is 0 Å². The van der Waals surface area contributed by atoms with E-state index in [1.807, 2.05) is 0 Å². The van der Waals surface area contributed by atoms with Crippen LogP contribution in [0.5, 0.6) is 0 Å². The highest BCUT2D eigenvalue weighted by molar-refractivity contribution is 7.73. The minimum Gasteiger partial charge on any atom is -0.311 e. The average Bonchev–Trinajstić information content (AvgIpc) is 2.49. The Morgan fingerprint density at radius 2 is 1.77 bits per heavy atom. The molecular weight excluding hydrogens is 331 g/mol. The largest absolute Gasteiger partial charge is 0.393 e. The van der Waals surface area contributed by atoms with Crippen LogP contribution in [0.15, 0.2) is 35.5 Å². The lowest BCUT2D eigenvalue weighted by atomic mass is 10.2. The molecule has 0 bridgehead atoms. The molecule has 9 heteroatoms. The maximum atomic E-state index is 12.3. The van der Waals surface area contributed by atoms with Crippen molar-refractivity contribution in [2.75, 3.05) is 13.2 Å². The topological polar surface area (TPSA) is 98.0 Å². The molecule has 1 aromatic carbocycles. The van der Waals surface area contributed by atoms with Crippen LogP contribution in [-0.2, 0) is 18.5 Å². The van der Waals surface area contributed by atoms with E-state index in [4.69, 9.17) is 14.3 Å². The van der Waals surface area contributed by atoms with Crippen LogP contribution in [0.1, 0.15) is 24.2 Å². The van der Waals surface area contributed by atoms with Crippen molar-refractivity contribution in [1.82, 2.24) is 0 Å². The average molecular weight is 347 g/mol. The van der Waals surface area contributed by atoms with E-state index in [2.05, 4.69) is 9.99 Å². The minimum absolute atomic E-state index is 0. The summed E-state index contributed by atoms with van der Waals surface area (Å²) in [4.78, 5) is 16.3. The first-order chi connectivity index (χ1) is 10.1. The number of carbonyl (C=O) groups is 1. The number of benzene rings is 1. The lowest BCUT2D eigenvalue weighted by Gasteiger charge is -2.13. The Kier molecular flexibility index (Phi) is 9.31. The normalized spacial score (nSPS) is 11.2. The zero-order valence-corrected chi connectivity index (χ0v) is 13.8. The van der Waals surface area contributed by atoms with Gasteiger partial charge in [-0.05, 0) is 26.0 Å². The molecule has 0 unspecified atom stereocenters. The molecule has 0 aromatic heterocycles. The zero-order chi connectivity index (χ0) is 15.7. The third kappa shape index (κ3) is 5.58. The second-order valence-corrected chi connectivity index (χ2v) is 5.54. The first-order valence-electron chi connectivity index (χ1n) is 6.21. The van der Waals surface area contributed by atoms with E-state index in [1.165, 1.54) is 12.1 Å². The van der Waals surface area contributed by atoms with Crippen molar-refractivity contribution in [1.29, 1.82) is 5.26 Å². The summed E-state index contributed by atoms with van der Waals surface area (Å²) in [5.41, 5.74) is -0.350. The van der Waals surface area contributed by atoms with Gasteiger partial charge in [0.1, 0.15) is 6.07 Å². The Hall–Kier alpha value is -1.71. The summed E-state index contributed by atoms with van der Waals surface area (Å²) < 4.78 is 22.2. The summed E-state index contributed by atoms with van der Waals surface area (Å²) >= 11 is 0. The minimum atomic E-state index is -3.87. The molecule has 0 aliphatic rings. The molecule has 0 spiro atoms. The molecule has 0 fully saturated rings. The smallest absolute Gasteiger partial charge is 0.311 e. The molecule has 0 radical (unpaired) electrons. The Labute approximate surface area is 134 Å². The molecule has 0 N–H and O–H groups in total. The van der Waals surface area contributed by atoms with Crippen LogP contribution in [0.25, 0.3) is 0 Å². The number of hydrogen-bond acceptors (Lipinski definition) is 7. The molecule has 0 aliphatic heterocycles. The summed E-state index contributed by atoms with van der Waals surface area (Å²) in [6.07, 6.45) is 0. The molecule has 120 valence electrons. The number of halogens is 1. The van der Waals surface area contributed by atoms with Gasteiger partial charge in [0, 0.05) is 0 Å². The van der Waals surface area contributed by atoms with Gasteiger partial charge in [0.2, 0.25) is 0 Å². The zero-order valence-electron chi connectivity index (χ0n) is 12.1. The highest BCUT2D eigenvalue weighted by atomic mass is 35.5.